The van der Waals surface area contributed by atoms with Crippen molar-refractivity contribution in [1.29, 1.82) is 5.26 Å². The Morgan fingerprint density at radius 2 is 1.02 bits per heavy atom. The maximum atomic E-state index is 9.91. The molecule has 0 unspecified atom stereocenters. The molecule has 0 aromatic heterocycles. The first-order chi connectivity index (χ1) is 19.8. The fourth-order valence-electron chi connectivity index (χ4n) is 7.36. The first kappa shape index (κ1) is 22.8. The molecule has 0 heterocycles. The predicted octanol–water partition coefficient (Wildman–Crippen LogP) is 9.08. The third kappa shape index (κ3) is 2.97. The van der Waals surface area contributed by atoms with Crippen molar-refractivity contribution < 1.29 is 0 Å². The van der Waals surface area contributed by atoms with Gasteiger partial charge >= 0.3 is 0 Å². The second-order valence-electron chi connectivity index (χ2n) is 10.7. The van der Waals surface area contributed by atoms with Crippen LogP contribution in [0.2, 0.25) is 0 Å². The Balaban J connectivity index is 1.51. The molecule has 0 bridgehead atoms. The molecular formula is C39H25N. The maximum Gasteiger partial charge on any atom is 0.0998 e. The van der Waals surface area contributed by atoms with Crippen molar-refractivity contribution in [2.75, 3.05) is 0 Å². The van der Waals surface area contributed by atoms with Crippen LogP contribution in [0.1, 0.15) is 50.4 Å². The Bertz CT molecular complexity index is 1930. The average molecular weight is 508 g/mol. The van der Waals surface area contributed by atoms with E-state index in [4.69, 9.17) is 0 Å². The van der Waals surface area contributed by atoms with Crippen LogP contribution in [0.4, 0.5) is 0 Å². The Morgan fingerprint density at radius 3 is 1.73 bits per heavy atom. The normalized spacial score (nSPS) is 17.8. The summed E-state index contributed by atoms with van der Waals surface area (Å²) in [5.41, 5.74) is 14.1. The predicted molar refractivity (Wildman–Crippen MR) is 161 cm³/mol. The zero-order chi connectivity index (χ0) is 26.7. The highest BCUT2D eigenvalue weighted by Gasteiger charge is 2.51. The minimum Gasteiger partial charge on any atom is -0.192 e. The van der Waals surface area contributed by atoms with Crippen molar-refractivity contribution in [1.82, 2.24) is 0 Å². The summed E-state index contributed by atoms with van der Waals surface area (Å²) in [4.78, 5) is 0. The molecular weight excluding hydrogens is 482 g/mol. The molecule has 6 aromatic rings. The van der Waals surface area contributed by atoms with Crippen LogP contribution in [-0.2, 0) is 5.41 Å². The third-order valence-electron chi connectivity index (χ3n) is 8.89. The summed E-state index contributed by atoms with van der Waals surface area (Å²) >= 11 is 0. The molecule has 0 saturated heterocycles. The lowest BCUT2D eigenvalue weighted by Crippen LogP contribution is -2.36. The Labute approximate surface area is 234 Å². The topological polar surface area (TPSA) is 23.8 Å². The third-order valence-corrected chi connectivity index (χ3v) is 8.89. The van der Waals surface area contributed by atoms with Gasteiger partial charge in [-0.15, -0.1) is 0 Å². The fourth-order valence-corrected chi connectivity index (χ4v) is 7.36. The van der Waals surface area contributed by atoms with E-state index in [-0.39, 0.29) is 5.92 Å². The monoisotopic (exact) mass is 507 g/mol. The molecule has 1 spiro atoms. The Kier molecular flexibility index (Phi) is 4.93. The van der Waals surface area contributed by atoms with Crippen molar-refractivity contribution >= 4 is 0 Å². The second kappa shape index (κ2) is 8.67. The number of benzene rings is 6. The van der Waals surface area contributed by atoms with E-state index >= 15 is 0 Å². The van der Waals surface area contributed by atoms with Crippen molar-refractivity contribution in [3.63, 3.8) is 0 Å². The molecule has 0 fully saturated rings. The number of hydrogen-bond donors (Lipinski definition) is 0. The second-order valence-corrected chi connectivity index (χ2v) is 10.7. The lowest BCUT2D eigenvalue weighted by molar-refractivity contribution is 0.697. The molecule has 40 heavy (non-hydrogen) atoms. The van der Waals surface area contributed by atoms with Gasteiger partial charge in [-0.2, -0.15) is 5.26 Å². The van der Waals surface area contributed by atoms with Crippen LogP contribution in [0.5, 0.6) is 0 Å². The largest absolute Gasteiger partial charge is 0.192 e. The number of fused-ring (bicyclic) bond motifs is 9. The van der Waals surface area contributed by atoms with Crippen molar-refractivity contribution in [3.8, 4) is 28.3 Å². The molecule has 2 aliphatic rings. The van der Waals surface area contributed by atoms with E-state index in [1.807, 2.05) is 18.2 Å². The molecule has 0 saturated carbocycles. The van der Waals surface area contributed by atoms with Gasteiger partial charge in [-0.3, -0.25) is 0 Å². The van der Waals surface area contributed by atoms with Crippen LogP contribution >= 0.6 is 0 Å². The molecule has 8 rings (SSSR count). The number of nitriles is 1. The minimum atomic E-state index is -0.456. The smallest absolute Gasteiger partial charge is 0.0998 e. The summed E-state index contributed by atoms with van der Waals surface area (Å²) < 4.78 is 0. The van der Waals surface area contributed by atoms with Crippen LogP contribution in [-0.4, -0.2) is 0 Å². The lowest BCUT2D eigenvalue weighted by atomic mass is 9.58. The molecule has 0 radical (unpaired) electrons. The van der Waals surface area contributed by atoms with E-state index in [9.17, 15) is 5.26 Å². The van der Waals surface area contributed by atoms with Gasteiger partial charge in [0.25, 0.3) is 0 Å². The molecule has 0 N–H and O–H groups in total. The number of rotatable bonds is 2. The van der Waals surface area contributed by atoms with E-state index in [2.05, 4.69) is 133 Å². The van der Waals surface area contributed by atoms with Crippen LogP contribution in [0, 0.1) is 11.3 Å². The molecule has 6 aromatic carbocycles. The van der Waals surface area contributed by atoms with Gasteiger partial charge in [0, 0.05) is 5.92 Å². The molecule has 0 atom stereocenters. The summed E-state index contributed by atoms with van der Waals surface area (Å²) in [6.45, 7) is 0. The van der Waals surface area contributed by atoms with Gasteiger partial charge < -0.3 is 0 Å². The summed E-state index contributed by atoms with van der Waals surface area (Å²) in [6, 6.07) is 54.9. The van der Waals surface area contributed by atoms with Crippen molar-refractivity contribution in [2.24, 2.45) is 0 Å². The molecule has 2 aliphatic carbocycles. The van der Waals surface area contributed by atoms with Crippen LogP contribution in [0.3, 0.4) is 0 Å². The Hall–Kier alpha value is -5.19. The highest BCUT2D eigenvalue weighted by Crippen LogP contribution is 2.62. The standard InChI is InChI=1S/C39H25N/c40-25-28-14-4-5-15-29(28)27-22-23-31-30-16-6-9-19-34(30)39(37(31)24-27)35-20-10-7-17-32(35)38(26-12-2-1-3-13-26)33-18-8-11-21-36(33)39/h1-24,38H. The van der Waals surface area contributed by atoms with Gasteiger partial charge in [0.1, 0.15) is 0 Å². The van der Waals surface area contributed by atoms with Gasteiger partial charge in [-0.1, -0.05) is 133 Å². The van der Waals surface area contributed by atoms with E-state index in [1.54, 1.807) is 0 Å². The van der Waals surface area contributed by atoms with Crippen LogP contribution < -0.4 is 0 Å². The molecule has 0 aliphatic heterocycles. The van der Waals surface area contributed by atoms with E-state index in [0.29, 0.717) is 5.56 Å². The first-order valence-corrected chi connectivity index (χ1v) is 13.8. The zero-order valence-electron chi connectivity index (χ0n) is 21.9. The zero-order valence-corrected chi connectivity index (χ0v) is 21.9. The van der Waals surface area contributed by atoms with Gasteiger partial charge in [0.15, 0.2) is 0 Å². The summed E-state index contributed by atoms with van der Waals surface area (Å²) in [5.74, 6) is 0.151. The van der Waals surface area contributed by atoms with Crippen LogP contribution in [0.15, 0.2) is 146 Å². The summed E-state index contributed by atoms with van der Waals surface area (Å²) in [7, 11) is 0. The number of hydrogen-bond acceptors (Lipinski definition) is 1. The SMILES string of the molecule is N#Cc1ccccc1-c1ccc2c(c1)C1(c3ccccc3-2)c2ccccc2C(c2ccccc2)c2ccccc21. The van der Waals surface area contributed by atoms with Crippen LogP contribution in [0.25, 0.3) is 22.3 Å². The van der Waals surface area contributed by atoms with E-state index in [0.717, 1.165) is 11.1 Å². The van der Waals surface area contributed by atoms with Gasteiger partial charge in [-0.05, 0) is 73.3 Å². The quantitative estimate of drug-likeness (QED) is 0.229. The van der Waals surface area contributed by atoms with Gasteiger partial charge in [0.2, 0.25) is 0 Å². The van der Waals surface area contributed by atoms with E-state index < -0.39 is 5.41 Å². The Morgan fingerprint density at radius 1 is 0.475 bits per heavy atom. The summed E-state index contributed by atoms with van der Waals surface area (Å²) in [5, 5.41) is 9.91. The van der Waals surface area contributed by atoms with E-state index in [1.165, 1.54) is 50.1 Å². The van der Waals surface area contributed by atoms with Gasteiger partial charge in [-0.25, -0.2) is 0 Å². The molecule has 0 amide bonds. The fraction of sp³-hybridized carbons (Fsp3) is 0.0513. The number of nitrogens with zero attached hydrogens (tertiary/aromatic N) is 1. The molecule has 1 heteroatoms. The minimum absolute atomic E-state index is 0.151. The van der Waals surface area contributed by atoms with Crippen molar-refractivity contribution in [3.05, 3.63) is 190 Å². The first-order valence-electron chi connectivity index (χ1n) is 13.8. The highest BCUT2D eigenvalue weighted by atomic mass is 14.5. The van der Waals surface area contributed by atoms with Gasteiger partial charge in [0.05, 0.1) is 17.0 Å². The van der Waals surface area contributed by atoms with Crippen molar-refractivity contribution in [2.45, 2.75) is 11.3 Å². The lowest BCUT2D eigenvalue weighted by Gasteiger charge is -2.43. The maximum absolute atomic E-state index is 9.91. The molecule has 1 nitrogen and oxygen atoms in total. The summed E-state index contributed by atoms with van der Waals surface area (Å²) in [6.07, 6.45) is 0. The highest BCUT2D eigenvalue weighted by molar-refractivity contribution is 5.90. The average Bonchev–Trinajstić information content (AvgIpc) is 3.32. The molecule has 186 valence electrons.